The molecule has 182 valence electrons. The second-order valence-electron chi connectivity index (χ2n) is 7.91. The van der Waals surface area contributed by atoms with Crippen molar-refractivity contribution in [3.63, 3.8) is 0 Å². The Morgan fingerprint density at radius 1 is 1.03 bits per heavy atom. The minimum atomic E-state index is -4.79. The van der Waals surface area contributed by atoms with Gasteiger partial charge in [-0.25, -0.2) is 8.42 Å². The first-order valence-corrected chi connectivity index (χ1v) is 11.5. The maximum absolute atomic E-state index is 12.9. The summed E-state index contributed by atoms with van der Waals surface area (Å²) >= 11 is 0. The van der Waals surface area contributed by atoms with E-state index in [4.69, 9.17) is 14.2 Å². The summed E-state index contributed by atoms with van der Waals surface area (Å²) in [6.45, 7) is 5.12. The standard InChI is InChI=1S/C21H24F3NO7S/c1-13-19(32-20(2,3)30-13)18(25-26)12-33(27,28)17-10-8-15(9-11-17)29-14-4-6-16(7-5-14)31-21(22,23)24/h4-11,13,18-19,25-26H,12H2,1-3H3/t13-,18+,19+/m0/s1. The van der Waals surface area contributed by atoms with Crippen LogP contribution < -0.4 is 15.0 Å². The molecule has 3 atom stereocenters. The van der Waals surface area contributed by atoms with Crippen molar-refractivity contribution in [2.75, 3.05) is 5.75 Å². The van der Waals surface area contributed by atoms with E-state index in [1.54, 1.807) is 20.8 Å². The van der Waals surface area contributed by atoms with Crippen molar-refractivity contribution >= 4 is 9.84 Å². The molecule has 0 bridgehead atoms. The molecule has 8 nitrogen and oxygen atoms in total. The van der Waals surface area contributed by atoms with E-state index in [9.17, 15) is 26.8 Å². The summed E-state index contributed by atoms with van der Waals surface area (Å²) in [6.07, 6.45) is -5.92. The number of alkyl halides is 3. The summed E-state index contributed by atoms with van der Waals surface area (Å²) in [7, 11) is -3.82. The van der Waals surface area contributed by atoms with Crippen LogP contribution >= 0.6 is 0 Å². The number of hydrogen-bond acceptors (Lipinski definition) is 8. The monoisotopic (exact) mass is 491 g/mol. The van der Waals surface area contributed by atoms with Gasteiger partial charge in [0, 0.05) is 0 Å². The zero-order valence-electron chi connectivity index (χ0n) is 18.0. The molecule has 2 aromatic carbocycles. The molecule has 1 saturated heterocycles. The number of sulfone groups is 1. The van der Waals surface area contributed by atoms with Gasteiger partial charge in [-0.05, 0) is 69.3 Å². The fourth-order valence-corrected chi connectivity index (χ4v) is 4.95. The first-order valence-electron chi connectivity index (χ1n) is 9.90. The van der Waals surface area contributed by atoms with E-state index in [0.717, 1.165) is 12.1 Å². The second-order valence-corrected chi connectivity index (χ2v) is 9.95. The molecule has 0 aliphatic carbocycles. The molecule has 0 spiro atoms. The number of benzene rings is 2. The van der Waals surface area contributed by atoms with E-state index in [1.807, 2.05) is 5.48 Å². The molecule has 33 heavy (non-hydrogen) atoms. The lowest BCUT2D eigenvalue weighted by Crippen LogP contribution is -2.47. The van der Waals surface area contributed by atoms with Gasteiger partial charge < -0.3 is 24.2 Å². The Balaban J connectivity index is 1.66. The molecule has 0 saturated carbocycles. The van der Waals surface area contributed by atoms with Crippen molar-refractivity contribution in [2.45, 2.75) is 56.1 Å². The maximum Gasteiger partial charge on any atom is 0.573 e. The van der Waals surface area contributed by atoms with Crippen molar-refractivity contribution in [1.29, 1.82) is 0 Å². The van der Waals surface area contributed by atoms with Crippen LogP contribution in [-0.2, 0) is 19.3 Å². The Labute approximate surface area is 189 Å². The predicted molar refractivity (Wildman–Crippen MR) is 110 cm³/mol. The first-order chi connectivity index (χ1) is 15.3. The molecular formula is C21H24F3NO7S. The van der Waals surface area contributed by atoms with Gasteiger partial charge in [-0.3, -0.25) is 0 Å². The van der Waals surface area contributed by atoms with E-state index in [-0.39, 0.29) is 16.4 Å². The van der Waals surface area contributed by atoms with Gasteiger partial charge in [-0.2, -0.15) is 5.48 Å². The lowest BCUT2D eigenvalue weighted by Gasteiger charge is -2.24. The number of ether oxygens (including phenoxy) is 4. The third kappa shape index (κ3) is 6.81. The molecule has 3 rings (SSSR count). The first kappa shape index (κ1) is 25.2. The highest BCUT2D eigenvalue weighted by Crippen LogP contribution is 2.31. The third-order valence-electron chi connectivity index (χ3n) is 4.79. The molecular weight excluding hydrogens is 467 g/mol. The van der Waals surface area contributed by atoms with Gasteiger partial charge in [-0.1, -0.05) is 0 Å². The lowest BCUT2D eigenvalue weighted by molar-refractivity contribution is -0.274. The van der Waals surface area contributed by atoms with Crippen LogP contribution in [0.25, 0.3) is 0 Å². The summed E-state index contributed by atoms with van der Waals surface area (Å²) in [5.74, 6) is -1.23. The van der Waals surface area contributed by atoms with Gasteiger partial charge in [0.2, 0.25) is 0 Å². The number of halogens is 3. The Morgan fingerprint density at radius 3 is 2.00 bits per heavy atom. The second kappa shape index (κ2) is 9.47. The number of nitrogens with one attached hydrogen (secondary N) is 1. The van der Waals surface area contributed by atoms with Crippen molar-refractivity contribution in [3.8, 4) is 17.2 Å². The Bertz CT molecular complexity index is 1040. The van der Waals surface area contributed by atoms with Crippen LogP contribution in [0.1, 0.15) is 20.8 Å². The molecule has 1 aliphatic heterocycles. The van der Waals surface area contributed by atoms with Crippen LogP contribution in [0.4, 0.5) is 13.2 Å². The smallest absolute Gasteiger partial charge is 0.457 e. The van der Waals surface area contributed by atoms with Gasteiger partial charge in [0.25, 0.3) is 0 Å². The van der Waals surface area contributed by atoms with Crippen LogP contribution in [-0.4, -0.2) is 49.8 Å². The minimum Gasteiger partial charge on any atom is -0.457 e. The molecule has 0 aromatic heterocycles. The highest BCUT2D eigenvalue weighted by molar-refractivity contribution is 7.91. The molecule has 0 amide bonds. The third-order valence-corrected chi connectivity index (χ3v) is 6.58. The van der Waals surface area contributed by atoms with Crippen molar-refractivity contribution in [1.82, 2.24) is 5.48 Å². The van der Waals surface area contributed by atoms with E-state index in [2.05, 4.69) is 4.74 Å². The lowest BCUT2D eigenvalue weighted by atomic mass is 10.1. The zero-order chi connectivity index (χ0) is 24.4. The summed E-state index contributed by atoms with van der Waals surface area (Å²) in [6, 6.07) is 9.33. The highest BCUT2D eigenvalue weighted by Gasteiger charge is 2.44. The van der Waals surface area contributed by atoms with Gasteiger partial charge in [0.1, 0.15) is 23.4 Å². The van der Waals surface area contributed by atoms with Gasteiger partial charge in [0.15, 0.2) is 15.6 Å². The summed E-state index contributed by atoms with van der Waals surface area (Å²) in [4.78, 5) is -0.00477. The van der Waals surface area contributed by atoms with E-state index >= 15 is 0 Å². The molecule has 12 heteroatoms. The van der Waals surface area contributed by atoms with Crippen LogP contribution in [0.5, 0.6) is 17.2 Å². The molecule has 0 radical (unpaired) electrons. The van der Waals surface area contributed by atoms with Crippen molar-refractivity contribution < 1.29 is 45.7 Å². The fourth-order valence-electron chi connectivity index (χ4n) is 3.47. The number of hydroxylamine groups is 1. The summed E-state index contributed by atoms with van der Waals surface area (Å²) < 4.78 is 83.1. The van der Waals surface area contributed by atoms with E-state index in [0.29, 0.717) is 0 Å². The summed E-state index contributed by atoms with van der Waals surface area (Å²) in [5.41, 5.74) is 2.01. The predicted octanol–water partition coefficient (Wildman–Crippen LogP) is 4.04. The maximum atomic E-state index is 12.9. The largest absolute Gasteiger partial charge is 0.573 e. The van der Waals surface area contributed by atoms with Gasteiger partial charge in [0.05, 0.1) is 22.8 Å². The summed E-state index contributed by atoms with van der Waals surface area (Å²) in [5, 5.41) is 9.53. The zero-order valence-corrected chi connectivity index (χ0v) is 18.8. The van der Waals surface area contributed by atoms with Crippen LogP contribution in [0.3, 0.4) is 0 Å². The van der Waals surface area contributed by atoms with Crippen molar-refractivity contribution in [3.05, 3.63) is 48.5 Å². The van der Waals surface area contributed by atoms with Gasteiger partial charge >= 0.3 is 6.36 Å². The molecule has 0 unspecified atom stereocenters. The van der Waals surface area contributed by atoms with E-state index in [1.165, 1.54) is 36.4 Å². The quantitative estimate of drug-likeness (QED) is 0.534. The molecule has 1 aliphatic rings. The Hall–Kier alpha value is -2.38. The van der Waals surface area contributed by atoms with Crippen LogP contribution in [0.15, 0.2) is 53.4 Å². The minimum absolute atomic E-state index is 0.00477. The van der Waals surface area contributed by atoms with Gasteiger partial charge in [-0.15, -0.1) is 13.2 Å². The normalized spacial score (nSPS) is 21.5. The number of rotatable bonds is 8. The van der Waals surface area contributed by atoms with Crippen LogP contribution in [0.2, 0.25) is 0 Å². The molecule has 2 aromatic rings. The van der Waals surface area contributed by atoms with Crippen LogP contribution in [0, 0.1) is 0 Å². The highest BCUT2D eigenvalue weighted by atomic mass is 32.2. The SMILES string of the molecule is C[C@@H]1OC(C)(C)O[C@H]1[C@@H](CS(=O)(=O)c1ccc(Oc2ccc(OC(F)(F)F)cc2)cc1)NO. The molecule has 1 fully saturated rings. The average molecular weight is 491 g/mol. The fraction of sp³-hybridized carbons (Fsp3) is 0.429. The molecule has 1 heterocycles. The topological polar surface area (TPSA) is 103 Å². The average Bonchev–Trinajstić information content (AvgIpc) is 2.99. The number of hydrogen-bond donors (Lipinski definition) is 2. The Kier molecular flexibility index (Phi) is 7.24. The van der Waals surface area contributed by atoms with Crippen molar-refractivity contribution in [2.24, 2.45) is 0 Å². The molecule has 2 N–H and O–H groups in total. The Morgan fingerprint density at radius 2 is 1.55 bits per heavy atom. The van der Waals surface area contributed by atoms with E-state index < -0.39 is 51.7 Å².